The first kappa shape index (κ1) is 15.4. The first-order valence-electron chi connectivity index (χ1n) is 5.81. The molecule has 1 heterocycles. The van der Waals surface area contributed by atoms with Crippen molar-refractivity contribution in [2.45, 2.75) is 32.4 Å². The number of carboxylic acid groups (broad SMARTS) is 1. The number of aliphatic carboxylic acids is 1. The quantitative estimate of drug-likeness (QED) is 0.750. The van der Waals surface area contributed by atoms with E-state index >= 15 is 0 Å². The Balaban J connectivity index is 2.74. The van der Waals surface area contributed by atoms with Gasteiger partial charge in [0.25, 0.3) is 10.2 Å². The largest absolute Gasteiger partial charge is 0.481 e. The topological polar surface area (TPSA) is 87.2 Å². The van der Waals surface area contributed by atoms with Gasteiger partial charge in [0.15, 0.2) is 0 Å². The Hall–Kier alpha value is -0.700. The SMILES string of the molecule is CC1CN(S(=O)(=O)N(C)CCC(=O)O)C(C)CO1. The predicted octanol–water partition coefficient (Wildman–Crippen LogP) is -0.253. The van der Waals surface area contributed by atoms with E-state index in [-0.39, 0.29) is 25.1 Å². The van der Waals surface area contributed by atoms with Gasteiger partial charge in [0, 0.05) is 26.2 Å². The number of carboxylic acids is 1. The van der Waals surface area contributed by atoms with Crippen LogP contribution >= 0.6 is 0 Å². The highest BCUT2D eigenvalue weighted by molar-refractivity contribution is 7.86. The van der Waals surface area contributed by atoms with E-state index < -0.39 is 16.2 Å². The fourth-order valence-corrected chi connectivity index (χ4v) is 3.34. The van der Waals surface area contributed by atoms with Gasteiger partial charge in [-0.1, -0.05) is 0 Å². The van der Waals surface area contributed by atoms with Crippen molar-refractivity contribution in [2.75, 3.05) is 26.7 Å². The number of morpholine rings is 1. The summed E-state index contributed by atoms with van der Waals surface area (Å²) in [5.74, 6) is -1.01. The summed E-state index contributed by atoms with van der Waals surface area (Å²) < 4.78 is 32.3. The third kappa shape index (κ3) is 3.64. The van der Waals surface area contributed by atoms with Crippen LogP contribution in [0.5, 0.6) is 0 Å². The summed E-state index contributed by atoms with van der Waals surface area (Å²) in [7, 11) is -2.22. The number of hydrogen-bond acceptors (Lipinski definition) is 4. The summed E-state index contributed by atoms with van der Waals surface area (Å²) in [5.41, 5.74) is 0. The van der Waals surface area contributed by atoms with Crippen LogP contribution in [0.4, 0.5) is 0 Å². The molecule has 0 aromatic heterocycles. The molecule has 0 saturated carbocycles. The minimum absolute atomic E-state index is 0.0316. The van der Waals surface area contributed by atoms with Crippen LogP contribution in [0.2, 0.25) is 0 Å². The van der Waals surface area contributed by atoms with Crippen molar-refractivity contribution in [3.63, 3.8) is 0 Å². The smallest absolute Gasteiger partial charge is 0.304 e. The molecule has 1 aliphatic rings. The van der Waals surface area contributed by atoms with Gasteiger partial charge in [0.2, 0.25) is 0 Å². The Kier molecular flexibility index (Phi) is 5.09. The second-order valence-electron chi connectivity index (χ2n) is 4.54. The van der Waals surface area contributed by atoms with E-state index in [0.29, 0.717) is 13.2 Å². The molecule has 2 unspecified atom stereocenters. The van der Waals surface area contributed by atoms with Gasteiger partial charge in [-0.3, -0.25) is 4.79 Å². The fraction of sp³-hybridized carbons (Fsp3) is 0.900. The lowest BCUT2D eigenvalue weighted by Crippen LogP contribution is -2.54. The van der Waals surface area contributed by atoms with E-state index in [2.05, 4.69) is 0 Å². The molecule has 1 fully saturated rings. The lowest BCUT2D eigenvalue weighted by Gasteiger charge is -2.37. The molecule has 0 aliphatic carbocycles. The molecule has 8 heteroatoms. The molecule has 1 saturated heterocycles. The molecule has 0 amide bonds. The molecule has 0 aromatic rings. The zero-order valence-electron chi connectivity index (χ0n) is 10.9. The monoisotopic (exact) mass is 280 g/mol. The maximum atomic E-state index is 12.3. The predicted molar refractivity (Wildman–Crippen MR) is 65.4 cm³/mol. The van der Waals surface area contributed by atoms with E-state index in [1.165, 1.54) is 11.4 Å². The molecule has 18 heavy (non-hydrogen) atoms. The summed E-state index contributed by atoms with van der Waals surface area (Å²) in [6, 6.07) is -0.238. The van der Waals surface area contributed by atoms with Crippen LogP contribution in [0.3, 0.4) is 0 Å². The van der Waals surface area contributed by atoms with E-state index in [1.54, 1.807) is 6.92 Å². The standard InChI is InChI=1S/C10H20N2O5S/c1-8-7-17-9(2)6-12(8)18(15,16)11(3)5-4-10(13)14/h8-9H,4-7H2,1-3H3,(H,13,14). The maximum Gasteiger partial charge on any atom is 0.304 e. The Morgan fingerprint density at radius 3 is 2.67 bits per heavy atom. The van der Waals surface area contributed by atoms with E-state index in [0.717, 1.165) is 4.31 Å². The Labute approximate surface area is 108 Å². The molecule has 0 radical (unpaired) electrons. The molecule has 106 valence electrons. The zero-order valence-corrected chi connectivity index (χ0v) is 11.7. The van der Waals surface area contributed by atoms with E-state index in [9.17, 15) is 13.2 Å². The Bertz CT molecular complexity index is 397. The molecular formula is C10H20N2O5S. The molecule has 0 aromatic carbocycles. The molecule has 1 aliphatic heterocycles. The average Bonchev–Trinajstić information content (AvgIpc) is 2.28. The van der Waals surface area contributed by atoms with E-state index in [4.69, 9.17) is 9.84 Å². The average molecular weight is 280 g/mol. The van der Waals surface area contributed by atoms with Crippen molar-refractivity contribution in [3.8, 4) is 0 Å². The van der Waals surface area contributed by atoms with Gasteiger partial charge >= 0.3 is 5.97 Å². The summed E-state index contributed by atoms with van der Waals surface area (Å²) in [6.07, 6.45) is -0.354. The lowest BCUT2D eigenvalue weighted by molar-refractivity contribution is -0.137. The van der Waals surface area contributed by atoms with Gasteiger partial charge in [-0.2, -0.15) is 17.0 Å². The molecule has 2 atom stereocenters. The van der Waals surface area contributed by atoms with Gasteiger partial charge in [-0.25, -0.2) is 0 Å². The number of carbonyl (C=O) groups is 1. The second kappa shape index (κ2) is 5.96. The van der Waals surface area contributed by atoms with E-state index in [1.807, 2.05) is 6.92 Å². The van der Waals surface area contributed by atoms with Crippen molar-refractivity contribution in [2.24, 2.45) is 0 Å². The summed E-state index contributed by atoms with van der Waals surface area (Å²) in [6.45, 7) is 4.20. The van der Waals surface area contributed by atoms with Gasteiger partial charge < -0.3 is 9.84 Å². The van der Waals surface area contributed by atoms with Crippen molar-refractivity contribution in [3.05, 3.63) is 0 Å². The molecule has 1 N–H and O–H groups in total. The van der Waals surface area contributed by atoms with Crippen molar-refractivity contribution in [1.29, 1.82) is 0 Å². The summed E-state index contributed by atoms with van der Waals surface area (Å²) in [4.78, 5) is 10.5. The first-order valence-corrected chi connectivity index (χ1v) is 7.21. The minimum atomic E-state index is -3.62. The maximum absolute atomic E-state index is 12.3. The third-order valence-corrected chi connectivity index (χ3v) is 4.95. The number of rotatable bonds is 5. The molecule has 0 spiro atoms. The van der Waals surface area contributed by atoms with Crippen LogP contribution in [0.15, 0.2) is 0 Å². The van der Waals surface area contributed by atoms with Gasteiger partial charge in [-0.05, 0) is 13.8 Å². The summed E-state index contributed by atoms with van der Waals surface area (Å²) in [5, 5.41) is 8.58. The van der Waals surface area contributed by atoms with Crippen LogP contribution in [0, 0.1) is 0 Å². The molecule has 1 rings (SSSR count). The second-order valence-corrected chi connectivity index (χ2v) is 6.52. The number of nitrogens with zero attached hydrogens (tertiary/aromatic N) is 2. The Morgan fingerprint density at radius 1 is 1.50 bits per heavy atom. The van der Waals surface area contributed by atoms with Crippen LogP contribution in [-0.4, -0.2) is 67.0 Å². The van der Waals surface area contributed by atoms with Gasteiger partial charge in [0.05, 0.1) is 19.1 Å². The highest BCUT2D eigenvalue weighted by Gasteiger charge is 2.35. The fourth-order valence-electron chi connectivity index (χ4n) is 1.74. The molecule has 0 bridgehead atoms. The molecular weight excluding hydrogens is 260 g/mol. The van der Waals surface area contributed by atoms with Crippen molar-refractivity contribution in [1.82, 2.24) is 8.61 Å². The van der Waals surface area contributed by atoms with Gasteiger partial charge in [-0.15, -0.1) is 0 Å². The highest BCUT2D eigenvalue weighted by atomic mass is 32.2. The normalized spacial score (nSPS) is 26.4. The third-order valence-electron chi connectivity index (χ3n) is 2.88. The zero-order chi connectivity index (χ0) is 13.9. The van der Waals surface area contributed by atoms with Crippen LogP contribution in [0.25, 0.3) is 0 Å². The van der Waals surface area contributed by atoms with Crippen LogP contribution in [0.1, 0.15) is 20.3 Å². The summed E-state index contributed by atoms with van der Waals surface area (Å²) >= 11 is 0. The van der Waals surface area contributed by atoms with Gasteiger partial charge in [0.1, 0.15) is 0 Å². The number of hydrogen-bond donors (Lipinski definition) is 1. The van der Waals surface area contributed by atoms with Crippen molar-refractivity contribution >= 4 is 16.2 Å². The number of ether oxygens (including phenoxy) is 1. The van der Waals surface area contributed by atoms with Crippen molar-refractivity contribution < 1.29 is 23.1 Å². The van der Waals surface area contributed by atoms with Crippen LogP contribution in [-0.2, 0) is 19.7 Å². The Morgan fingerprint density at radius 2 is 2.11 bits per heavy atom. The molecule has 7 nitrogen and oxygen atoms in total. The highest BCUT2D eigenvalue weighted by Crippen LogP contribution is 2.18. The minimum Gasteiger partial charge on any atom is -0.481 e. The van der Waals surface area contributed by atoms with Crippen LogP contribution < -0.4 is 0 Å². The lowest BCUT2D eigenvalue weighted by atomic mass is 10.2. The first-order chi connectivity index (χ1) is 8.25.